The number of aliphatic hydroxyl groups is 1. The normalized spacial score (nSPS) is 45.2. The second-order valence-corrected chi connectivity index (χ2v) is 7.80. The van der Waals surface area contributed by atoms with E-state index >= 15 is 0 Å². The average Bonchev–Trinajstić information content (AvgIpc) is 2.36. The maximum atomic E-state index is 10.5. The molecule has 1 N–H and O–H groups in total. The highest BCUT2D eigenvalue weighted by Crippen LogP contribution is 2.54. The minimum Gasteiger partial charge on any atom is -0.390 e. The van der Waals surface area contributed by atoms with Crippen molar-refractivity contribution in [3.63, 3.8) is 0 Å². The summed E-state index contributed by atoms with van der Waals surface area (Å²) in [5, 5.41) is 10.5. The lowest BCUT2D eigenvalue weighted by Gasteiger charge is -2.53. The van der Waals surface area contributed by atoms with Gasteiger partial charge in [0.05, 0.1) is 5.60 Å². The lowest BCUT2D eigenvalue weighted by molar-refractivity contribution is -0.0852. The average molecular weight is 250 g/mol. The first kappa shape index (κ1) is 13.0. The Labute approximate surface area is 112 Å². The quantitative estimate of drug-likeness (QED) is 0.732. The SMILES string of the molecule is CC(C)(O)C1CCCC2C3CCCCC3CCC21. The molecule has 5 unspecified atom stereocenters. The Bertz CT molecular complexity index is 290. The van der Waals surface area contributed by atoms with Crippen LogP contribution < -0.4 is 0 Å². The fourth-order valence-electron chi connectivity index (χ4n) is 5.69. The van der Waals surface area contributed by atoms with Crippen molar-refractivity contribution in [1.29, 1.82) is 0 Å². The minimum absolute atomic E-state index is 0.454. The van der Waals surface area contributed by atoms with Crippen molar-refractivity contribution in [3.05, 3.63) is 0 Å². The number of rotatable bonds is 1. The fraction of sp³-hybridized carbons (Fsp3) is 1.00. The zero-order valence-corrected chi connectivity index (χ0v) is 12.2. The van der Waals surface area contributed by atoms with Crippen molar-refractivity contribution in [1.82, 2.24) is 0 Å². The second kappa shape index (κ2) is 4.81. The summed E-state index contributed by atoms with van der Waals surface area (Å²) >= 11 is 0. The van der Waals surface area contributed by atoms with Crippen molar-refractivity contribution in [2.75, 3.05) is 0 Å². The van der Waals surface area contributed by atoms with E-state index in [4.69, 9.17) is 0 Å². The first-order valence-electron chi connectivity index (χ1n) is 8.30. The summed E-state index contributed by atoms with van der Waals surface area (Å²) in [7, 11) is 0. The van der Waals surface area contributed by atoms with E-state index in [0.717, 1.165) is 23.7 Å². The van der Waals surface area contributed by atoms with Crippen LogP contribution in [0.1, 0.15) is 71.6 Å². The van der Waals surface area contributed by atoms with Gasteiger partial charge < -0.3 is 5.11 Å². The summed E-state index contributed by atoms with van der Waals surface area (Å²) in [6.45, 7) is 4.10. The molecule has 3 aliphatic rings. The molecule has 0 amide bonds. The van der Waals surface area contributed by atoms with E-state index in [1.54, 1.807) is 0 Å². The van der Waals surface area contributed by atoms with Gasteiger partial charge in [-0.05, 0) is 75.5 Å². The van der Waals surface area contributed by atoms with Crippen molar-refractivity contribution >= 4 is 0 Å². The molecule has 0 spiro atoms. The molecule has 1 heteroatoms. The Morgan fingerprint density at radius 2 is 1.44 bits per heavy atom. The van der Waals surface area contributed by atoms with Gasteiger partial charge in [-0.3, -0.25) is 0 Å². The van der Waals surface area contributed by atoms with Crippen molar-refractivity contribution in [2.45, 2.75) is 77.2 Å². The molecule has 0 aliphatic heterocycles. The highest BCUT2D eigenvalue weighted by atomic mass is 16.3. The largest absolute Gasteiger partial charge is 0.390 e. The van der Waals surface area contributed by atoms with Crippen molar-refractivity contribution in [3.8, 4) is 0 Å². The topological polar surface area (TPSA) is 20.2 Å². The maximum Gasteiger partial charge on any atom is 0.0622 e. The third-order valence-corrected chi connectivity index (χ3v) is 6.42. The molecule has 3 aliphatic carbocycles. The van der Waals surface area contributed by atoms with Crippen LogP contribution in [0.4, 0.5) is 0 Å². The zero-order valence-electron chi connectivity index (χ0n) is 12.2. The van der Waals surface area contributed by atoms with E-state index in [1.165, 1.54) is 57.8 Å². The molecular weight excluding hydrogens is 220 g/mol. The second-order valence-electron chi connectivity index (χ2n) is 7.80. The maximum absolute atomic E-state index is 10.5. The van der Waals surface area contributed by atoms with Gasteiger partial charge in [-0.1, -0.05) is 25.7 Å². The van der Waals surface area contributed by atoms with Crippen LogP contribution >= 0.6 is 0 Å². The van der Waals surface area contributed by atoms with Gasteiger partial charge in [0, 0.05) is 0 Å². The first-order valence-corrected chi connectivity index (χ1v) is 8.30. The van der Waals surface area contributed by atoms with E-state index in [1.807, 2.05) is 13.8 Å². The molecule has 0 radical (unpaired) electrons. The lowest BCUT2D eigenvalue weighted by Crippen LogP contribution is -2.48. The molecule has 3 saturated carbocycles. The summed E-state index contributed by atoms with van der Waals surface area (Å²) in [5.41, 5.74) is -0.454. The Morgan fingerprint density at radius 3 is 2.22 bits per heavy atom. The highest BCUT2D eigenvalue weighted by Gasteiger charge is 2.47. The number of hydrogen-bond donors (Lipinski definition) is 1. The molecule has 18 heavy (non-hydrogen) atoms. The van der Waals surface area contributed by atoms with Gasteiger partial charge in [0.1, 0.15) is 0 Å². The van der Waals surface area contributed by atoms with Crippen LogP contribution in [-0.4, -0.2) is 10.7 Å². The van der Waals surface area contributed by atoms with Crippen molar-refractivity contribution in [2.24, 2.45) is 29.6 Å². The Kier molecular flexibility index (Phi) is 3.47. The Hall–Kier alpha value is -0.0400. The molecule has 0 aromatic carbocycles. The van der Waals surface area contributed by atoms with E-state index in [2.05, 4.69) is 0 Å². The van der Waals surface area contributed by atoms with Gasteiger partial charge >= 0.3 is 0 Å². The Morgan fingerprint density at radius 1 is 0.722 bits per heavy atom. The van der Waals surface area contributed by atoms with Crippen LogP contribution in [0.5, 0.6) is 0 Å². The minimum atomic E-state index is -0.454. The fourth-order valence-corrected chi connectivity index (χ4v) is 5.69. The predicted octanol–water partition coefficient (Wildman–Crippen LogP) is 4.39. The Balaban J connectivity index is 1.79. The van der Waals surface area contributed by atoms with E-state index < -0.39 is 5.60 Å². The van der Waals surface area contributed by atoms with Crippen LogP contribution in [0.3, 0.4) is 0 Å². The van der Waals surface area contributed by atoms with E-state index in [0.29, 0.717) is 5.92 Å². The van der Waals surface area contributed by atoms with Gasteiger partial charge in [0.25, 0.3) is 0 Å². The molecule has 0 saturated heterocycles. The summed E-state index contributed by atoms with van der Waals surface area (Å²) in [5.74, 6) is 4.41. The molecular formula is C17H30O. The summed E-state index contributed by atoms with van der Waals surface area (Å²) in [4.78, 5) is 0. The smallest absolute Gasteiger partial charge is 0.0622 e. The first-order chi connectivity index (χ1) is 8.57. The van der Waals surface area contributed by atoms with Gasteiger partial charge in [-0.15, -0.1) is 0 Å². The monoisotopic (exact) mass is 250 g/mol. The van der Waals surface area contributed by atoms with Crippen LogP contribution in [0, 0.1) is 29.6 Å². The molecule has 0 heterocycles. The summed E-state index contributed by atoms with van der Waals surface area (Å²) in [6, 6.07) is 0. The van der Waals surface area contributed by atoms with E-state index in [-0.39, 0.29) is 0 Å². The zero-order chi connectivity index (χ0) is 12.8. The number of fused-ring (bicyclic) bond motifs is 3. The highest BCUT2D eigenvalue weighted by molar-refractivity contribution is 4.97. The predicted molar refractivity (Wildman–Crippen MR) is 75.3 cm³/mol. The van der Waals surface area contributed by atoms with E-state index in [9.17, 15) is 5.11 Å². The van der Waals surface area contributed by atoms with Crippen LogP contribution in [0.2, 0.25) is 0 Å². The molecule has 0 aromatic heterocycles. The molecule has 104 valence electrons. The summed E-state index contributed by atoms with van der Waals surface area (Å²) in [6.07, 6.45) is 12.9. The molecule has 0 bridgehead atoms. The van der Waals surface area contributed by atoms with Gasteiger partial charge in [0.2, 0.25) is 0 Å². The third-order valence-electron chi connectivity index (χ3n) is 6.42. The third kappa shape index (κ3) is 2.24. The number of hydrogen-bond acceptors (Lipinski definition) is 1. The molecule has 0 aromatic rings. The summed E-state index contributed by atoms with van der Waals surface area (Å²) < 4.78 is 0. The molecule has 3 fully saturated rings. The molecule has 5 atom stereocenters. The van der Waals surface area contributed by atoms with Crippen LogP contribution in [-0.2, 0) is 0 Å². The van der Waals surface area contributed by atoms with Crippen LogP contribution in [0.15, 0.2) is 0 Å². The van der Waals surface area contributed by atoms with Gasteiger partial charge in [0.15, 0.2) is 0 Å². The van der Waals surface area contributed by atoms with Gasteiger partial charge in [-0.25, -0.2) is 0 Å². The molecule has 3 rings (SSSR count). The van der Waals surface area contributed by atoms with Gasteiger partial charge in [-0.2, -0.15) is 0 Å². The van der Waals surface area contributed by atoms with Crippen molar-refractivity contribution < 1.29 is 5.11 Å². The van der Waals surface area contributed by atoms with Crippen LogP contribution in [0.25, 0.3) is 0 Å². The standard InChI is InChI=1S/C17H30O/c1-17(2,18)16-9-5-8-14-13-7-4-3-6-12(13)10-11-15(14)16/h12-16,18H,3-11H2,1-2H3. The molecule has 1 nitrogen and oxygen atoms in total. The lowest BCUT2D eigenvalue weighted by atomic mass is 9.53.